The third kappa shape index (κ3) is 4.14. The third-order valence-electron chi connectivity index (χ3n) is 4.02. The lowest BCUT2D eigenvalue weighted by atomic mass is 10.1. The average Bonchev–Trinajstić information content (AvgIpc) is 3.08. The Bertz CT molecular complexity index is 1160. The largest absolute Gasteiger partial charge is 0.364 e. The zero-order valence-corrected chi connectivity index (χ0v) is 15.4. The molecule has 2 aromatic carbocycles. The van der Waals surface area contributed by atoms with Gasteiger partial charge in [0.2, 0.25) is 0 Å². The molecule has 4 N–H and O–H groups in total. The normalized spacial score (nSPS) is 10.5. The van der Waals surface area contributed by atoms with Gasteiger partial charge in [-0.15, -0.1) is 0 Å². The minimum atomic E-state index is -1.48. The molecule has 8 nitrogen and oxygen atoms in total. The van der Waals surface area contributed by atoms with Crippen molar-refractivity contribution in [3.05, 3.63) is 77.1 Å². The summed E-state index contributed by atoms with van der Waals surface area (Å²) in [6.07, 6.45) is 1.27. The number of hydrogen-bond acceptors (Lipinski definition) is 4. The van der Waals surface area contributed by atoms with Gasteiger partial charge in [0.05, 0.1) is 11.9 Å². The predicted molar refractivity (Wildman–Crippen MR) is 100 cm³/mol. The van der Waals surface area contributed by atoms with Gasteiger partial charge in [-0.25, -0.2) is 18.2 Å². The maximum Gasteiger partial charge on any atom is 0.274 e. The van der Waals surface area contributed by atoms with E-state index in [2.05, 4.69) is 15.6 Å². The number of imidazole rings is 1. The number of aromatic nitrogens is 2. The van der Waals surface area contributed by atoms with E-state index in [1.807, 2.05) is 0 Å². The summed E-state index contributed by atoms with van der Waals surface area (Å²) in [6.45, 7) is 0. The fraction of sp³-hybridized carbons (Fsp3) is 0.0526. The summed E-state index contributed by atoms with van der Waals surface area (Å²) >= 11 is 0. The molecule has 154 valence electrons. The standard InChI is InChI=1S/C19H14F3N5O3/c1-27-8-24-15(17(23)28)16(27)19(30)26-11-4-2-10(3-5-11)25-18(29)12-6-9(20)7-13(21)14(12)22/h2-8H,1H3,(H2,23,28)(H,25,29)(H,26,30). The van der Waals surface area contributed by atoms with Gasteiger partial charge in [0, 0.05) is 24.5 Å². The minimum Gasteiger partial charge on any atom is -0.364 e. The fourth-order valence-electron chi connectivity index (χ4n) is 2.63. The van der Waals surface area contributed by atoms with Crippen molar-refractivity contribution in [2.45, 2.75) is 0 Å². The molecule has 3 rings (SSSR count). The molecule has 0 fully saturated rings. The molecular formula is C19H14F3N5O3. The van der Waals surface area contributed by atoms with E-state index in [1.54, 1.807) is 0 Å². The molecule has 0 saturated carbocycles. The number of nitrogens with one attached hydrogen (secondary N) is 2. The number of hydrogen-bond donors (Lipinski definition) is 3. The van der Waals surface area contributed by atoms with Crippen LogP contribution in [0.4, 0.5) is 24.5 Å². The van der Waals surface area contributed by atoms with Crippen LogP contribution < -0.4 is 16.4 Å². The number of halogens is 3. The van der Waals surface area contributed by atoms with Crippen LogP contribution in [0.5, 0.6) is 0 Å². The number of primary amides is 1. The van der Waals surface area contributed by atoms with Crippen LogP contribution in [-0.2, 0) is 7.05 Å². The minimum absolute atomic E-state index is 0.0384. The summed E-state index contributed by atoms with van der Waals surface area (Å²) in [5.74, 6) is -6.60. The van der Waals surface area contributed by atoms with Gasteiger partial charge < -0.3 is 20.9 Å². The highest BCUT2D eigenvalue weighted by Crippen LogP contribution is 2.19. The van der Waals surface area contributed by atoms with Crippen molar-refractivity contribution in [3.8, 4) is 0 Å². The van der Waals surface area contributed by atoms with Crippen molar-refractivity contribution < 1.29 is 27.6 Å². The van der Waals surface area contributed by atoms with Crippen LogP contribution in [0.25, 0.3) is 0 Å². The maximum absolute atomic E-state index is 13.7. The molecule has 11 heteroatoms. The highest BCUT2D eigenvalue weighted by atomic mass is 19.2. The molecule has 1 aromatic heterocycles. The average molecular weight is 417 g/mol. The van der Waals surface area contributed by atoms with Gasteiger partial charge in [0.15, 0.2) is 17.3 Å². The van der Waals surface area contributed by atoms with Crippen LogP contribution in [-0.4, -0.2) is 27.3 Å². The molecule has 0 bridgehead atoms. The van der Waals surface area contributed by atoms with Crippen molar-refractivity contribution in [3.63, 3.8) is 0 Å². The van der Waals surface area contributed by atoms with Gasteiger partial charge in [-0.05, 0) is 30.3 Å². The van der Waals surface area contributed by atoms with Crippen LogP contribution in [0.1, 0.15) is 31.3 Å². The Balaban J connectivity index is 1.73. The third-order valence-corrected chi connectivity index (χ3v) is 4.02. The van der Waals surface area contributed by atoms with Crippen LogP contribution in [0.15, 0.2) is 42.7 Å². The second kappa shape index (κ2) is 8.07. The summed E-state index contributed by atoms with van der Waals surface area (Å²) in [4.78, 5) is 39.6. The fourth-order valence-corrected chi connectivity index (χ4v) is 2.63. The number of nitrogens with two attached hydrogens (primary N) is 1. The van der Waals surface area contributed by atoms with E-state index in [0.29, 0.717) is 17.8 Å². The highest BCUT2D eigenvalue weighted by molar-refractivity contribution is 6.10. The Morgan fingerprint density at radius 3 is 2.10 bits per heavy atom. The Kier molecular flexibility index (Phi) is 5.54. The van der Waals surface area contributed by atoms with E-state index in [-0.39, 0.29) is 17.1 Å². The van der Waals surface area contributed by atoms with E-state index in [0.717, 1.165) is 0 Å². The summed E-state index contributed by atoms with van der Waals surface area (Å²) in [7, 11) is 1.52. The van der Waals surface area contributed by atoms with E-state index in [4.69, 9.17) is 5.73 Å². The molecule has 3 amide bonds. The number of rotatable bonds is 5. The molecule has 0 unspecified atom stereocenters. The van der Waals surface area contributed by atoms with Gasteiger partial charge in [-0.3, -0.25) is 14.4 Å². The van der Waals surface area contributed by atoms with Crippen molar-refractivity contribution in [1.29, 1.82) is 0 Å². The first-order valence-corrected chi connectivity index (χ1v) is 8.35. The first kappa shape index (κ1) is 20.6. The van der Waals surface area contributed by atoms with Crippen molar-refractivity contribution in [2.75, 3.05) is 10.6 Å². The molecule has 0 saturated heterocycles. The molecule has 0 atom stereocenters. The zero-order chi connectivity index (χ0) is 22.0. The molecule has 0 aliphatic rings. The van der Waals surface area contributed by atoms with E-state index in [1.165, 1.54) is 42.2 Å². The number of amides is 3. The van der Waals surface area contributed by atoms with Crippen LogP contribution in [0.2, 0.25) is 0 Å². The Morgan fingerprint density at radius 1 is 0.967 bits per heavy atom. The number of anilines is 2. The summed E-state index contributed by atoms with van der Waals surface area (Å²) in [6, 6.07) is 6.48. The van der Waals surface area contributed by atoms with E-state index in [9.17, 15) is 27.6 Å². The monoisotopic (exact) mass is 417 g/mol. The number of benzene rings is 2. The smallest absolute Gasteiger partial charge is 0.274 e. The second-order valence-electron chi connectivity index (χ2n) is 6.15. The Hall–Kier alpha value is -4.15. The van der Waals surface area contributed by atoms with Crippen molar-refractivity contribution >= 4 is 29.1 Å². The lowest BCUT2D eigenvalue weighted by Crippen LogP contribution is -2.22. The van der Waals surface area contributed by atoms with Crippen LogP contribution in [0.3, 0.4) is 0 Å². The molecule has 0 aliphatic carbocycles. The lowest BCUT2D eigenvalue weighted by Gasteiger charge is -2.09. The zero-order valence-electron chi connectivity index (χ0n) is 15.4. The van der Waals surface area contributed by atoms with E-state index < -0.39 is 40.7 Å². The molecule has 0 aliphatic heterocycles. The quantitative estimate of drug-likeness (QED) is 0.553. The van der Waals surface area contributed by atoms with Gasteiger partial charge >= 0.3 is 0 Å². The maximum atomic E-state index is 13.7. The number of carbonyl (C=O) groups excluding carboxylic acids is 3. The second-order valence-corrected chi connectivity index (χ2v) is 6.15. The van der Waals surface area contributed by atoms with Crippen molar-refractivity contribution in [1.82, 2.24) is 9.55 Å². The molecule has 0 radical (unpaired) electrons. The van der Waals surface area contributed by atoms with Gasteiger partial charge in [-0.1, -0.05) is 0 Å². The highest BCUT2D eigenvalue weighted by Gasteiger charge is 2.21. The summed E-state index contributed by atoms with van der Waals surface area (Å²) in [5, 5.41) is 4.83. The predicted octanol–water partition coefficient (Wildman–Crippen LogP) is 2.44. The Labute approximate surface area is 167 Å². The van der Waals surface area contributed by atoms with Gasteiger partial charge in [0.1, 0.15) is 11.5 Å². The van der Waals surface area contributed by atoms with Crippen LogP contribution >= 0.6 is 0 Å². The van der Waals surface area contributed by atoms with Gasteiger partial charge in [-0.2, -0.15) is 0 Å². The first-order valence-electron chi connectivity index (χ1n) is 8.35. The number of aryl methyl sites for hydroxylation is 1. The summed E-state index contributed by atoms with van der Waals surface area (Å²) in [5.41, 5.74) is 4.66. The number of nitrogens with zero attached hydrogens (tertiary/aromatic N) is 2. The van der Waals surface area contributed by atoms with Gasteiger partial charge in [0.25, 0.3) is 17.7 Å². The molecule has 30 heavy (non-hydrogen) atoms. The molecular weight excluding hydrogens is 403 g/mol. The van der Waals surface area contributed by atoms with Crippen LogP contribution in [0, 0.1) is 17.5 Å². The van der Waals surface area contributed by atoms with Crippen molar-refractivity contribution in [2.24, 2.45) is 12.8 Å². The number of carbonyl (C=O) groups is 3. The topological polar surface area (TPSA) is 119 Å². The first-order chi connectivity index (χ1) is 14.2. The molecule has 3 aromatic rings. The molecule has 1 heterocycles. The Morgan fingerprint density at radius 2 is 1.53 bits per heavy atom. The van der Waals surface area contributed by atoms with E-state index >= 15 is 0 Å². The SMILES string of the molecule is Cn1cnc(C(N)=O)c1C(=O)Nc1ccc(NC(=O)c2cc(F)cc(F)c2F)cc1. The lowest BCUT2D eigenvalue weighted by molar-refractivity contribution is 0.0970. The summed E-state index contributed by atoms with van der Waals surface area (Å²) < 4.78 is 41.5. The molecule has 0 spiro atoms.